The van der Waals surface area contributed by atoms with Gasteiger partial charge in [0.25, 0.3) is 0 Å². The average Bonchev–Trinajstić information content (AvgIpc) is 0.785. The first kappa shape index (κ1) is 72.2. The summed E-state index contributed by atoms with van der Waals surface area (Å²) in [4.78, 5) is 9.35. The molecule has 0 unspecified atom stereocenters. The van der Waals surface area contributed by atoms with Crippen LogP contribution in [0.25, 0.3) is 99.8 Å². The van der Waals surface area contributed by atoms with Gasteiger partial charge in [-0.2, -0.15) is 0 Å². The van der Waals surface area contributed by atoms with Crippen LogP contribution in [0.2, 0.25) is 0 Å². The molecular weight excluding hydrogens is 1400 g/mol. The van der Waals surface area contributed by atoms with E-state index in [0.29, 0.717) is 0 Å². The smallest absolute Gasteiger partial charge is 0.0540 e. The summed E-state index contributed by atoms with van der Waals surface area (Å²) in [6.07, 6.45) is 0. The quantitative estimate of drug-likeness (QED) is 0.0754. The number of fused-ring (bicyclic) bond motifs is 1. The van der Waals surface area contributed by atoms with Gasteiger partial charge in [-0.15, -0.1) is 0 Å². The highest BCUT2D eigenvalue weighted by Gasteiger charge is 2.21. The van der Waals surface area contributed by atoms with Crippen LogP contribution in [0, 0.1) is 0 Å². The zero-order valence-electron chi connectivity index (χ0n) is 64.1. The molecular formula is C112H82N4. The predicted octanol–water partition coefficient (Wildman–Crippen LogP) is 31.7. The number of anilines is 12. The summed E-state index contributed by atoms with van der Waals surface area (Å²) in [7, 11) is 0. The maximum absolute atomic E-state index is 2.35. The Hall–Kier alpha value is -15.4. The van der Waals surface area contributed by atoms with E-state index >= 15 is 0 Å². The molecule has 116 heavy (non-hydrogen) atoms. The van der Waals surface area contributed by atoms with Gasteiger partial charge < -0.3 is 19.6 Å². The summed E-state index contributed by atoms with van der Waals surface area (Å²) >= 11 is 0. The van der Waals surface area contributed by atoms with Gasteiger partial charge in [0.05, 0.1) is 5.69 Å². The van der Waals surface area contributed by atoms with Crippen LogP contribution in [0.15, 0.2) is 497 Å². The molecule has 0 amide bonds. The van der Waals surface area contributed by atoms with Crippen molar-refractivity contribution in [2.24, 2.45) is 0 Å². The van der Waals surface area contributed by atoms with E-state index in [2.05, 4.69) is 517 Å². The summed E-state index contributed by atoms with van der Waals surface area (Å²) in [5.74, 6) is 0. The SMILES string of the molecule is c1ccc(-c2ccc(N(c3ccc(-c4ccccc4)cc3)c3ccc(-c4ccc(N(c5ccc(-c6ccccc6)cc5)c5ccc(-c6ccccc6)cc5)cc4)cc3)cc2)cc1.c1ccc(-c2ccc(N(c3ccc(-c4ccccc4)cc3)c3ccc(-c4ccc(N(c5ccccc5)c5cccc6ccccc56)cc4)cc3)cc2)cc1. The van der Waals surface area contributed by atoms with Crippen LogP contribution in [0.1, 0.15) is 0 Å². The highest BCUT2D eigenvalue weighted by molar-refractivity contribution is 5.99. The Balaban J connectivity index is 0.000000162. The largest absolute Gasteiger partial charge is 0.311 e. The summed E-state index contributed by atoms with van der Waals surface area (Å²) in [6.45, 7) is 0. The number of hydrogen-bond acceptors (Lipinski definition) is 4. The molecule has 0 aliphatic carbocycles. The maximum Gasteiger partial charge on any atom is 0.0540 e. The molecule has 0 bridgehead atoms. The minimum absolute atomic E-state index is 1.09. The van der Waals surface area contributed by atoms with Crippen LogP contribution < -0.4 is 19.6 Å². The fraction of sp³-hybridized carbons (Fsp3) is 0. The Labute approximate surface area is 680 Å². The monoisotopic (exact) mass is 1480 g/mol. The molecule has 19 rings (SSSR count). The third kappa shape index (κ3) is 16.1. The average molecular weight is 1480 g/mol. The Bertz CT molecular complexity index is 5900. The number of rotatable bonds is 20. The minimum Gasteiger partial charge on any atom is -0.311 e. The van der Waals surface area contributed by atoms with E-state index in [4.69, 9.17) is 0 Å². The summed E-state index contributed by atoms with van der Waals surface area (Å²) < 4.78 is 0. The molecule has 0 spiro atoms. The fourth-order valence-electron chi connectivity index (χ4n) is 15.6. The normalized spacial score (nSPS) is 10.9. The molecule has 0 saturated heterocycles. The zero-order valence-corrected chi connectivity index (χ0v) is 64.1. The molecule has 0 saturated carbocycles. The maximum atomic E-state index is 2.35. The second-order valence-electron chi connectivity index (χ2n) is 28.8. The van der Waals surface area contributed by atoms with Crippen molar-refractivity contribution in [1.29, 1.82) is 0 Å². The number of nitrogens with zero attached hydrogens (tertiary/aromatic N) is 4. The van der Waals surface area contributed by atoms with E-state index < -0.39 is 0 Å². The van der Waals surface area contributed by atoms with E-state index in [-0.39, 0.29) is 0 Å². The van der Waals surface area contributed by atoms with Crippen molar-refractivity contribution in [1.82, 2.24) is 0 Å². The van der Waals surface area contributed by atoms with Crippen LogP contribution in [0.4, 0.5) is 68.2 Å². The van der Waals surface area contributed by atoms with Gasteiger partial charge in [-0.3, -0.25) is 0 Å². The Morgan fingerprint density at radius 3 is 0.448 bits per heavy atom. The van der Waals surface area contributed by atoms with Crippen molar-refractivity contribution in [3.63, 3.8) is 0 Å². The lowest BCUT2D eigenvalue weighted by Gasteiger charge is -2.27. The third-order valence-electron chi connectivity index (χ3n) is 21.6. The topological polar surface area (TPSA) is 13.0 Å². The first-order valence-electron chi connectivity index (χ1n) is 39.6. The third-order valence-corrected chi connectivity index (χ3v) is 21.6. The van der Waals surface area contributed by atoms with Gasteiger partial charge in [-0.05, 0) is 234 Å². The van der Waals surface area contributed by atoms with Gasteiger partial charge in [-0.25, -0.2) is 0 Å². The lowest BCUT2D eigenvalue weighted by molar-refractivity contribution is 1.28. The van der Waals surface area contributed by atoms with Crippen LogP contribution in [0.5, 0.6) is 0 Å². The van der Waals surface area contributed by atoms with Crippen LogP contribution in [-0.2, 0) is 0 Å². The minimum atomic E-state index is 1.09. The Kier molecular flexibility index (Phi) is 21.2. The van der Waals surface area contributed by atoms with Gasteiger partial charge in [-0.1, -0.05) is 358 Å². The van der Waals surface area contributed by atoms with Crippen molar-refractivity contribution in [3.8, 4) is 89.0 Å². The van der Waals surface area contributed by atoms with Crippen molar-refractivity contribution < 1.29 is 0 Å². The zero-order chi connectivity index (χ0) is 77.6. The van der Waals surface area contributed by atoms with E-state index in [1.54, 1.807) is 0 Å². The second-order valence-corrected chi connectivity index (χ2v) is 28.8. The van der Waals surface area contributed by atoms with Gasteiger partial charge in [0.1, 0.15) is 0 Å². The Morgan fingerprint density at radius 2 is 0.241 bits per heavy atom. The first-order chi connectivity index (χ1) is 57.5. The number of benzene rings is 19. The van der Waals surface area contributed by atoms with E-state index in [9.17, 15) is 0 Å². The highest BCUT2D eigenvalue weighted by Crippen LogP contribution is 2.45. The molecule has 4 nitrogen and oxygen atoms in total. The molecule has 19 aromatic carbocycles. The van der Waals surface area contributed by atoms with Crippen molar-refractivity contribution >= 4 is 79.0 Å². The first-order valence-corrected chi connectivity index (χ1v) is 39.6. The lowest BCUT2D eigenvalue weighted by Crippen LogP contribution is -2.10. The van der Waals surface area contributed by atoms with Gasteiger partial charge in [0, 0.05) is 67.9 Å². The summed E-state index contributed by atoms with van der Waals surface area (Å²) in [5, 5.41) is 2.44. The molecule has 0 atom stereocenters. The van der Waals surface area contributed by atoms with Crippen molar-refractivity contribution in [2.45, 2.75) is 0 Å². The van der Waals surface area contributed by atoms with Gasteiger partial charge in [0.2, 0.25) is 0 Å². The highest BCUT2D eigenvalue weighted by atomic mass is 15.2. The molecule has 0 N–H and O–H groups in total. The molecule has 19 aromatic rings. The second kappa shape index (κ2) is 34.1. The number of para-hydroxylation sites is 1. The van der Waals surface area contributed by atoms with Crippen LogP contribution in [-0.4, -0.2) is 0 Å². The molecule has 0 heterocycles. The molecule has 4 heteroatoms. The molecule has 0 fully saturated rings. The summed E-state index contributed by atoms with van der Waals surface area (Å²) in [6, 6.07) is 178. The molecule has 0 radical (unpaired) electrons. The predicted molar refractivity (Wildman–Crippen MR) is 493 cm³/mol. The van der Waals surface area contributed by atoms with Crippen molar-refractivity contribution in [3.05, 3.63) is 497 Å². The molecule has 550 valence electrons. The van der Waals surface area contributed by atoms with E-state index in [0.717, 1.165) is 79.4 Å². The van der Waals surface area contributed by atoms with E-state index in [1.165, 1.54) is 88.7 Å². The standard InChI is InChI=1S/C60H44N2.C52H38N2/c1-5-13-45(14-6-1)49-21-33-55(34-22-49)61(56-35-23-50(24-36-56)46-15-7-2-8-16-46)59-41-29-53(30-42-59)54-31-43-60(44-32-54)62(57-37-25-51(26-38-57)47-17-9-3-10-18-47)58-39-27-52(28-40-58)48-19-11-4-12-20-48;1-4-13-39(14-5-1)41-23-31-47(32-24-41)53(48-33-25-42(26-34-48)40-15-6-2-7-16-40)49-35-27-43(28-36-49)44-29-37-50(38-30-44)54(46-19-8-3-9-20-46)52-22-12-18-45-17-10-11-21-51(45)52/h1-44H;1-38H. The van der Waals surface area contributed by atoms with Crippen molar-refractivity contribution in [2.75, 3.05) is 19.6 Å². The summed E-state index contributed by atoms with van der Waals surface area (Å²) in [5.41, 5.74) is 32.4. The van der Waals surface area contributed by atoms with Gasteiger partial charge >= 0.3 is 0 Å². The molecule has 0 aliphatic rings. The fourth-order valence-corrected chi connectivity index (χ4v) is 15.6. The van der Waals surface area contributed by atoms with Gasteiger partial charge in [0.15, 0.2) is 0 Å². The van der Waals surface area contributed by atoms with Crippen LogP contribution in [0.3, 0.4) is 0 Å². The van der Waals surface area contributed by atoms with Crippen LogP contribution >= 0.6 is 0 Å². The lowest BCUT2D eigenvalue weighted by atomic mass is 10.0. The molecule has 0 aromatic heterocycles. The Morgan fingerprint density at radius 1 is 0.0948 bits per heavy atom. The molecule has 0 aliphatic heterocycles. The number of hydrogen-bond donors (Lipinski definition) is 0. The van der Waals surface area contributed by atoms with E-state index in [1.807, 2.05) is 0 Å².